The lowest BCUT2D eigenvalue weighted by Crippen LogP contribution is -2.40. The van der Waals surface area contributed by atoms with Crippen molar-refractivity contribution in [3.8, 4) is 0 Å². The average Bonchev–Trinajstić information content (AvgIpc) is 2.83. The van der Waals surface area contributed by atoms with Gasteiger partial charge in [0.15, 0.2) is 5.82 Å². The minimum atomic E-state index is -0.0493. The van der Waals surface area contributed by atoms with E-state index in [9.17, 15) is 4.79 Å². The van der Waals surface area contributed by atoms with E-state index in [0.717, 1.165) is 70.1 Å². The standard InChI is InChI=1S/C17H30N6O/c1-12(2)11-14(20-17(24)13-3-6-18-7-4-13)16-22-21-15-5-8-19-9-10-23(15)16/h12-14,18-19H,3-11H2,1-2H3,(H,20,24)/t14-/m0/s1. The van der Waals surface area contributed by atoms with Gasteiger partial charge >= 0.3 is 0 Å². The van der Waals surface area contributed by atoms with Gasteiger partial charge in [0.05, 0.1) is 6.04 Å². The van der Waals surface area contributed by atoms with Crippen LogP contribution in [-0.4, -0.2) is 46.9 Å². The van der Waals surface area contributed by atoms with Gasteiger partial charge in [-0.05, 0) is 38.3 Å². The first-order valence-corrected chi connectivity index (χ1v) is 9.29. The van der Waals surface area contributed by atoms with Gasteiger partial charge in [0.1, 0.15) is 5.82 Å². The highest BCUT2D eigenvalue weighted by atomic mass is 16.2. The van der Waals surface area contributed by atoms with E-state index in [-0.39, 0.29) is 17.9 Å². The molecule has 134 valence electrons. The molecule has 2 aliphatic rings. The van der Waals surface area contributed by atoms with Crippen LogP contribution in [0, 0.1) is 11.8 Å². The second kappa shape index (κ2) is 8.07. The van der Waals surface area contributed by atoms with Gasteiger partial charge in [-0.1, -0.05) is 13.8 Å². The monoisotopic (exact) mass is 334 g/mol. The predicted molar refractivity (Wildman–Crippen MR) is 92.5 cm³/mol. The van der Waals surface area contributed by atoms with Gasteiger partial charge < -0.3 is 20.5 Å². The Kier molecular flexibility index (Phi) is 5.84. The van der Waals surface area contributed by atoms with Crippen LogP contribution in [0.3, 0.4) is 0 Å². The molecule has 0 radical (unpaired) electrons. The zero-order valence-corrected chi connectivity index (χ0v) is 14.8. The Balaban J connectivity index is 1.76. The summed E-state index contributed by atoms with van der Waals surface area (Å²) in [5, 5.41) is 18.8. The molecule has 0 aliphatic carbocycles. The van der Waals surface area contributed by atoms with Gasteiger partial charge in [-0.15, -0.1) is 10.2 Å². The molecule has 1 aromatic rings. The predicted octanol–water partition coefficient (Wildman–Crippen LogP) is 0.627. The van der Waals surface area contributed by atoms with Crippen molar-refractivity contribution in [3.05, 3.63) is 11.6 Å². The van der Waals surface area contributed by atoms with Crippen LogP contribution in [0.5, 0.6) is 0 Å². The summed E-state index contributed by atoms with van der Waals surface area (Å²) in [4.78, 5) is 12.7. The van der Waals surface area contributed by atoms with Crippen LogP contribution < -0.4 is 16.0 Å². The van der Waals surface area contributed by atoms with E-state index in [1.165, 1.54) is 0 Å². The summed E-state index contributed by atoms with van der Waals surface area (Å²) in [5.41, 5.74) is 0. The first-order chi connectivity index (χ1) is 11.6. The number of hydrogen-bond donors (Lipinski definition) is 3. The quantitative estimate of drug-likeness (QED) is 0.735. The molecule has 0 spiro atoms. The van der Waals surface area contributed by atoms with Crippen molar-refractivity contribution in [2.75, 3.05) is 26.2 Å². The number of carbonyl (C=O) groups is 1. The summed E-state index contributed by atoms with van der Waals surface area (Å²) in [6.07, 6.45) is 3.62. The summed E-state index contributed by atoms with van der Waals surface area (Å²) < 4.78 is 2.20. The van der Waals surface area contributed by atoms with Crippen molar-refractivity contribution in [2.45, 2.75) is 52.1 Å². The SMILES string of the molecule is CC(C)C[C@H](NC(=O)C1CCNCC1)c1nnc2n1CCNCC2. The smallest absolute Gasteiger partial charge is 0.223 e. The second-order valence-electron chi connectivity index (χ2n) is 7.34. The van der Waals surface area contributed by atoms with E-state index in [1.54, 1.807) is 0 Å². The third-order valence-electron chi connectivity index (χ3n) is 4.94. The molecule has 7 heteroatoms. The number of hydrogen-bond acceptors (Lipinski definition) is 5. The van der Waals surface area contributed by atoms with Crippen LogP contribution in [0.15, 0.2) is 0 Å². The van der Waals surface area contributed by atoms with Crippen molar-refractivity contribution >= 4 is 5.91 Å². The number of fused-ring (bicyclic) bond motifs is 1. The van der Waals surface area contributed by atoms with E-state index >= 15 is 0 Å². The Morgan fingerprint density at radius 3 is 2.71 bits per heavy atom. The molecule has 24 heavy (non-hydrogen) atoms. The molecule has 1 aromatic heterocycles. The van der Waals surface area contributed by atoms with Crippen LogP contribution >= 0.6 is 0 Å². The van der Waals surface area contributed by atoms with Gasteiger partial charge in [-0.25, -0.2) is 0 Å². The van der Waals surface area contributed by atoms with E-state index < -0.39 is 0 Å². The molecule has 2 aliphatic heterocycles. The third-order valence-corrected chi connectivity index (χ3v) is 4.94. The summed E-state index contributed by atoms with van der Waals surface area (Å²) in [6.45, 7) is 8.96. The topological polar surface area (TPSA) is 83.9 Å². The Bertz CT molecular complexity index is 549. The summed E-state index contributed by atoms with van der Waals surface area (Å²) in [7, 11) is 0. The first-order valence-electron chi connectivity index (χ1n) is 9.29. The highest BCUT2D eigenvalue weighted by Gasteiger charge is 2.28. The Labute approximate surface area is 144 Å². The van der Waals surface area contributed by atoms with Crippen molar-refractivity contribution < 1.29 is 4.79 Å². The molecule has 3 N–H and O–H groups in total. The lowest BCUT2D eigenvalue weighted by molar-refractivity contribution is -0.126. The molecule has 1 saturated heterocycles. The number of nitrogens with zero attached hydrogens (tertiary/aromatic N) is 3. The number of piperidine rings is 1. The molecule has 7 nitrogen and oxygen atoms in total. The van der Waals surface area contributed by atoms with Crippen molar-refractivity contribution in [3.63, 3.8) is 0 Å². The number of rotatable bonds is 5. The van der Waals surface area contributed by atoms with E-state index in [2.05, 4.69) is 44.6 Å². The number of nitrogens with one attached hydrogen (secondary N) is 3. The fourth-order valence-corrected chi connectivity index (χ4v) is 3.63. The lowest BCUT2D eigenvalue weighted by atomic mass is 9.95. The molecular weight excluding hydrogens is 304 g/mol. The molecule has 0 aromatic carbocycles. The van der Waals surface area contributed by atoms with Gasteiger partial charge in [-0.2, -0.15) is 0 Å². The van der Waals surface area contributed by atoms with E-state index in [4.69, 9.17) is 0 Å². The zero-order valence-electron chi connectivity index (χ0n) is 14.8. The fraction of sp³-hybridized carbons (Fsp3) is 0.824. The van der Waals surface area contributed by atoms with Crippen LogP contribution in [0.25, 0.3) is 0 Å². The molecule has 3 heterocycles. The van der Waals surface area contributed by atoms with E-state index in [0.29, 0.717) is 5.92 Å². The molecule has 0 bridgehead atoms. The van der Waals surface area contributed by atoms with Gasteiger partial charge in [0.2, 0.25) is 5.91 Å². The van der Waals surface area contributed by atoms with Crippen LogP contribution in [-0.2, 0) is 17.8 Å². The molecule has 0 saturated carbocycles. The third kappa shape index (κ3) is 4.13. The van der Waals surface area contributed by atoms with Gasteiger partial charge in [0.25, 0.3) is 0 Å². The van der Waals surface area contributed by atoms with E-state index in [1.807, 2.05) is 0 Å². The second-order valence-corrected chi connectivity index (χ2v) is 7.34. The Hall–Kier alpha value is -1.47. The number of carbonyl (C=O) groups excluding carboxylic acids is 1. The number of aromatic nitrogens is 3. The minimum absolute atomic E-state index is 0.0493. The van der Waals surface area contributed by atoms with Crippen molar-refractivity contribution in [1.29, 1.82) is 0 Å². The van der Waals surface area contributed by atoms with Crippen LogP contribution in [0.2, 0.25) is 0 Å². The molecule has 1 amide bonds. The van der Waals surface area contributed by atoms with Gasteiger partial charge in [-0.3, -0.25) is 4.79 Å². The normalized spacial score (nSPS) is 20.5. The molecule has 1 fully saturated rings. The van der Waals surface area contributed by atoms with Crippen LogP contribution in [0.1, 0.15) is 50.8 Å². The Morgan fingerprint density at radius 2 is 1.96 bits per heavy atom. The highest BCUT2D eigenvalue weighted by Crippen LogP contribution is 2.23. The van der Waals surface area contributed by atoms with Crippen LogP contribution in [0.4, 0.5) is 0 Å². The lowest BCUT2D eigenvalue weighted by Gasteiger charge is -2.26. The maximum atomic E-state index is 12.7. The van der Waals surface area contributed by atoms with Crippen molar-refractivity contribution in [1.82, 2.24) is 30.7 Å². The average molecular weight is 334 g/mol. The molecule has 0 unspecified atom stereocenters. The minimum Gasteiger partial charge on any atom is -0.346 e. The van der Waals surface area contributed by atoms with Gasteiger partial charge in [0, 0.05) is 32.0 Å². The number of amides is 1. The zero-order chi connectivity index (χ0) is 16.9. The molecule has 1 atom stereocenters. The van der Waals surface area contributed by atoms with Crippen molar-refractivity contribution in [2.24, 2.45) is 11.8 Å². The fourth-order valence-electron chi connectivity index (χ4n) is 3.63. The molecular formula is C17H30N6O. The largest absolute Gasteiger partial charge is 0.346 e. The maximum Gasteiger partial charge on any atom is 0.223 e. The summed E-state index contributed by atoms with van der Waals surface area (Å²) >= 11 is 0. The summed E-state index contributed by atoms with van der Waals surface area (Å²) in [5.74, 6) is 2.73. The first kappa shape index (κ1) is 17.4. The maximum absolute atomic E-state index is 12.7. The summed E-state index contributed by atoms with van der Waals surface area (Å²) in [6, 6.07) is -0.0493. The Morgan fingerprint density at radius 1 is 1.21 bits per heavy atom. The highest BCUT2D eigenvalue weighted by molar-refractivity contribution is 5.79. The molecule has 3 rings (SSSR count).